The summed E-state index contributed by atoms with van der Waals surface area (Å²) in [6.45, 7) is 0.103. The van der Waals surface area contributed by atoms with E-state index in [0.29, 0.717) is 6.42 Å². The fourth-order valence-corrected chi connectivity index (χ4v) is 2.40. The van der Waals surface area contributed by atoms with Crippen LogP contribution in [0.2, 0.25) is 0 Å². The summed E-state index contributed by atoms with van der Waals surface area (Å²) in [5.74, 6) is -1.73. The molecule has 0 radical (unpaired) electrons. The molecule has 0 bridgehead atoms. The van der Waals surface area contributed by atoms with E-state index < -0.39 is 23.6 Å². The van der Waals surface area contributed by atoms with Crippen LogP contribution in [0.15, 0.2) is 48.5 Å². The summed E-state index contributed by atoms with van der Waals surface area (Å²) < 4.78 is 27.7. The molecule has 0 aliphatic heterocycles. The second-order valence-corrected chi connectivity index (χ2v) is 4.83. The largest absolute Gasteiger partial charge is 0.330 e. The predicted octanol–water partition coefficient (Wildman–Crippen LogP) is 2.58. The van der Waals surface area contributed by atoms with Crippen molar-refractivity contribution in [2.24, 2.45) is 11.5 Å². The minimum atomic E-state index is -0.594. The van der Waals surface area contributed by atoms with E-state index in [1.54, 1.807) is 0 Å². The summed E-state index contributed by atoms with van der Waals surface area (Å²) in [6.07, 6.45) is 0.524. The first-order valence-electron chi connectivity index (χ1n) is 6.57. The van der Waals surface area contributed by atoms with Gasteiger partial charge in [0.1, 0.15) is 11.6 Å². The van der Waals surface area contributed by atoms with Gasteiger partial charge in [0, 0.05) is 24.1 Å². The van der Waals surface area contributed by atoms with Gasteiger partial charge in [-0.25, -0.2) is 8.78 Å². The van der Waals surface area contributed by atoms with Crippen molar-refractivity contribution in [2.75, 3.05) is 6.54 Å². The number of rotatable bonds is 5. The number of nitrogens with two attached hydrogens (primary N) is 2. The highest BCUT2D eigenvalue weighted by molar-refractivity contribution is 5.27. The minimum absolute atomic E-state index is 0.0153. The molecule has 0 amide bonds. The normalized spacial score (nSPS) is 14.0. The lowest BCUT2D eigenvalue weighted by Crippen LogP contribution is -2.36. The van der Waals surface area contributed by atoms with Gasteiger partial charge < -0.3 is 11.5 Å². The fourth-order valence-electron chi connectivity index (χ4n) is 2.40. The van der Waals surface area contributed by atoms with Gasteiger partial charge in [0.25, 0.3) is 0 Å². The van der Waals surface area contributed by atoms with Crippen molar-refractivity contribution in [3.05, 3.63) is 71.3 Å². The van der Waals surface area contributed by atoms with E-state index in [1.807, 2.05) is 30.3 Å². The number of hydrogen-bond acceptors (Lipinski definition) is 2. The van der Waals surface area contributed by atoms with Gasteiger partial charge in [0.15, 0.2) is 0 Å². The average molecular weight is 276 g/mol. The lowest BCUT2D eigenvalue weighted by molar-refractivity contribution is 0.470. The van der Waals surface area contributed by atoms with Crippen molar-refractivity contribution < 1.29 is 8.78 Å². The Morgan fingerprint density at radius 3 is 2.05 bits per heavy atom. The molecule has 0 heterocycles. The first kappa shape index (κ1) is 14.6. The van der Waals surface area contributed by atoms with Gasteiger partial charge in [-0.3, -0.25) is 0 Å². The molecule has 0 aliphatic carbocycles. The molecule has 2 atom stereocenters. The third kappa shape index (κ3) is 3.21. The third-order valence-electron chi connectivity index (χ3n) is 3.46. The van der Waals surface area contributed by atoms with Crippen molar-refractivity contribution in [1.82, 2.24) is 0 Å². The molecule has 20 heavy (non-hydrogen) atoms. The summed E-state index contributed by atoms with van der Waals surface area (Å²) >= 11 is 0. The van der Waals surface area contributed by atoms with Crippen LogP contribution in [0.3, 0.4) is 0 Å². The fraction of sp³-hybridized carbons (Fsp3) is 0.250. The Morgan fingerprint density at radius 1 is 0.900 bits per heavy atom. The van der Waals surface area contributed by atoms with Crippen LogP contribution in [-0.2, 0) is 6.42 Å². The van der Waals surface area contributed by atoms with Gasteiger partial charge in [-0.2, -0.15) is 0 Å². The maximum absolute atomic E-state index is 13.8. The quantitative estimate of drug-likeness (QED) is 0.882. The van der Waals surface area contributed by atoms with Gasteiger partial charge in [-0.15, -0.1) is 0 Å². The maximum Gasteiger partial charge on any atom is 0.129 e. The van der Waals surface area contributed by atoms with Crippen LogP contribution < -0.4 is 11.5 Å². The average Bonchev–Trinajstić information content (AvgIpc) is 2.44. The topological polar surface area (TPSA) is 52.0 Å². The molecule has 2 aromatic carbocycles. The third-order valence-corrected chi connectivity index (χ3v) is 3.46. The number of benzene rings is 2. The zero-order valence-electron chi connectivity index (χ0n) is 11.1. The molecule has 0 saturated heterocycles. The van der Waals surface area contributed by atoms with Crippen LogP contribution in [0.25, 0.3) is 0 Å². The molecule has 106 valence electrons. The van der Waals surface area contributed by atoms with Crippen LogP contribution in [0, 0.1) is 11.6 Å². The Hall–Kier alpha value is -1.78. The first-order chi connectivity index (χ1) is 9.63. The maximum atomic E-state index is 13.8. The van der Waals surface area contributed by atoms with Gasteiger partial charge >= 0.3 is 0 Å². The van der Waals surface area contributed by atoms with Crippen molar-refractivity contribution in [2.45, 2.75) is 18.4 Å². The molecular formula is C16H18F2N2. The SMILES string of the molecule is NCC(c1c(F)cccc1F)C(N)Cc1ccccc1. The first-order valence-corrected chi connectivity index (χ1v) is 6.57. The molecule has 2 nitrogen and oxygen atoms in total. The molecule has 4 heteroatoms. The van der Waals surface area contributed by atoms with E-state index in [2.05, 4.69) is 0 Å². The van der Waals surface area contributed by atoms with Crippen LogP contribution in [0.1, 0.15) is 17.0 Å². The Kier molecular flexibility index (Phi) is 4.82. The van der Waals surface area contributed by atoms with Gasteiger partial charge in [0.2, 0.25) is 0 Å². The molecule has 2 rings (SSSR count). The molecule has 0 saturated carbocycles. The molecule has 0 spiro atoms. The van der Waals surface area contributed by atoms with E-state index in [9.17, 15) is 8.78 Å². The summed E-state index contributed by atoms with van der Waals surface area (Å²) in [6, 6.07) is 13.0. The minimum Gasteiger partial charge on any atom is -0.330 e. The summed E-state index contributed by atoms with van der Waals surface area (Å²) in [5.41, 5.74) is 12.8. The standard InChI is InChI=1S/C16H18F2N2/c17-13-7-4-8-14(18)16(13)12(10-19)15(20)9-11-5-2-1-3-6-11/h1-8,12,15H,9-10,19-20H2. The van der Waals surface area contributed by atoms with Crippen molar-refractivity contribution >= 4 is 0 Å². The second kappa shape index (κ2) is 6.59. The number of halogens is 2. The monoisotopic (exact) mass is 276 g/mol. The van der Waals surface area contributed by atoms with Crippen molar-refractivity contribution in [3.63, 3.8) is 0 Å². The highest BCUT2D eigenvalue weighted by Crippen LogP contribution is 2.25. The smallest absolute Gasteiger partial charge is 0.129 e. The summed E-state index contributed by atoms with van der Waals surface area (Å²) in [5, 5.41) is 0. The molecule has 0 aromatic heterocycles. The van der Waals surface area contributed by atoms with Crippen LogP contribution >= 0.6 is 0 Å². The molecule has 2 unspecified atom stereocenters. The Morgan fingerprint density at radius 2 is 1.50 bits per heavy atom. The summed E-state index contributed by atoms with van der Waals surface area (Å²) in [7, 11) is 0. The van der Waals surface area contributed by atoms with Crippen LogP contribution in [-0.4, -0.2) is 12.6 Å². The molecule has 2 aromatic rings. The Bertz CT molecular complexity index is 537. The highest BCUT2D eigenvalue weighted by Gasteiger charge is 2.24. The van der Waals surface area contributed by atoms with E-state index in [1.165, 1.54) is 18.2 Å². The van der Waals surface area contributed by atoms with E-state index >= 15 is 0 Å². The molecular weight excluding hydrogens is 258 g/mol. The van der Waals surface area contributed by atoms with E-state index in [0.717, 1.165) is 5.56 Å². The molecule has 0 aliphatic rings. The molecule has 4 N–H and O–H groups in total. The predicted molar refractivity (Wildman–Crippen MR) is 76.3 cm³/mol. The zero-order chi connectivity index (χ0) is 14.5. The Labute approximate surface area is 117 Å². The Balaban J connectivity index is 2.24. The van der Waals surface area contributed by atoms with E-state index in [4.69, 9.17) is 11.5 Å². The lowest BCUT2D eigenvalue weighted by Gasteiger charge is -2.24. The van der Waals surface area contributed by atoms with Crippen LogP contribution in [0.5, 0.6) is 0 Å². The summed E-state index contributed by atoms with van der Waals surface area (Å²) in [4.78, 5) is 0. The van der Waals surface area contributed by atoms with E-state index in [-0.39, 0.29) is 12.1 Å². The van der Waals surface area contributed by atoms with Gasteiger partial charge in [-0.1, -0.05) is 36.4 Å². The van der Waals surface area contributed by atoms with Gasteiger partial charge in [0.05, 0.1) is 0 Å². The van der Waals surface area contributed by atoms with Crippen molar-refractivity contribution in [3.8, 4) is 0 Å². The van der Waals surface area contributed by atoms with Crippen molar-refractivity contribution in [1.29, 1.82) is 0 Å². The number of hydrogen-bond donors (Lipinski definition) is 2. The van der Waals surface area contributed by atoms with Gasteiger partial charge in [-0.05, 0) is 24.1 Å². The lowest BCUT2D eigenvalue weighted by atomic mass is 9.87. The van der Waals surface area contributed by atoms with Crippen LogP contribution in [0.4, 0.5) is 8.78 Å². The highest BCUT2D eigenvalue weighted by atomic mass is 19.1. The molecule has 0 fully saturated rings. The second-order valence-electron chi connectivity index (χ2n) is 4.83. The zero-order valence-corrected chi connectivity index (χ0v) is 11.1.